The molecule has 0 heterocycles. The van der Waals surface area contributed by atoms with E-state index >= 15 is 0 Å². The molecule has 7 heteroatoms. The summed E-state index contributed by atoms with van der Waals surface area (Å²) in [5.74, 6) is -0.681. The lowest BCUT2D eigenvalue weighted by Crippen LogP contribution is -2.07. The van der Waals surface area contributed by atoms with E-state index in [9.17, 15) is 14.9 Å². The van der Waals surface area contributed by atoms with Crippen LogP contribution in [0.4, 0.5) is 11.4 Å². The van der Waals surface area contributed by atoms with Crippen LogP contribution in [0.5, 0.6) is 5.75 Å². The maximum Gasteiger partial charge on any atom is 0.282 e. The molecule has 1 aromatic carbocycles. The third-order valence-electron chi connectivity index (χ3n) is 1.97. The number of methoxy groups -OCH3 is 1. The number of ether oxygens (including phenoxy) is 1. The Morgan fingerprint density at radius 3 is 2.69 bits per heavy atom. The molecule has 6 nitrogen and oxygen atoms in total. The number of hydrogen-bond donors (Lipinski definition) is 1. The summed E-state index contributed by atoms with van der Waals surface area (Å²) in [5, 5.41) is 10.7. The zero-order valence-corrected chi connectivity index (χ0v) is 9.15. The number of ketones is 1. The molecule has 0 radical (unpaired) electrons. The summed E-state index contributed by atoms with van der Waals surface area (Å²) >= 11 is 5.35. The highest BCUT2D eigenvalue weighted by atomic mass is 35.5. The minimum Gasteiger partial charge on any atom is -0.495 e. The average Bonchev–Trinajstić information content (AvgIpc) is 2.27. The third kappa shape index (κ3) is 2.22. The van der Waals surface area contributed by atoms with Crippen LogP contribution in [0.25, 0.3) is 0 Å². The van der Waals surface area contributed by atoms with Crippen molar-refractivity contribution in [3.63, 3.8) is 0 Å². The van der Waals surface area contributed by atoms with Gasteiger partial charge in [0.1, 0.15) is 11.3 Å². The number of rotatable bonds is 4. The maximum atomic E-state index is 11.4. The molecule has 0 saturated heterocycles. The summed E-state index contributed by atoms with van der Waals surface area (Å²) in [6.07, 6.45) is 0. The maximum absolute atomic E-state index is 11.4. The fraction of sp³-hybridized carbons (Fsp3) is 0.222. The fourth-order valence-electron chi connectivity index (χ4n) is 1.21. The molecule has 2 N–H and O–H groups in total. The zero-order valence-electron chi connectivity index (χ0n) is 8.40. The van der Waals surface area contributed by atoms with Crippen molar-refractivity contribution < 1.29 is 14.5 Å². The van der Waals surface area contributed by atoms with Crippen LogP contribution in [0, 0.1) is 10.1 Å². The van der Waals surface area contributed by atoms with E-state index in [4.69, 9.17) is 22.1 Å². The molecule has 0 aliphatic carbocycles. The summed E-state index contributed by atoms with van der Waals surface area (Å²) < 4.78 is 4.87. The number of nitrogens with two attached hydrogens (primary N) is 1. The van der Waals surface area contributed by atoms with Crippen molar-refractivity contribution in [2.24, 2.45) is 0 Å². The van der Waals surface area contributed by atoms with Crippen LogP contribution >= 0.6 is 11.6 Å². The predicted octanol–water partition coefficient (Wildman–Crippen LogP) is 1.61. The fourth-order valence-corrected chi connectivity index (χ4v) is 1.35. The SMILES string of the molecule is COc1cc(C(=O)CCl)c([N+](=O)[O-])cc1N. The molecular weight excluding hydrogens is 236 g/mol. The number of carbonyl (C=O) groups excluding carboxylic acids is 1. The summed E-state index contributed by atoms with van der Waals surface area (Å²) in [4.78, 5) is 21.4. The summed E-state index contributed by atoms with van der Waals surface area (Å²) in [6, 6.07) is 2.30. The van der Waals surface area contributed by atoms with Crippen molar-refractivity contribution in [3.8, 4) is 5.75 Å². The number of nitrogens with zero attached hydrogens (tertiary/aromatic N) is 1. The third-order valence-corrected chi connectivity index (χ3v) is 2.21. The number of nitro benzene ring substituents is 1. The molecule has 0 unspecified atom stereocenters. The van der Waals surface area contributed by atoms with Crippen molar-refractivity contribution >= 4 is 28.8 Å². The Kier molecular flexibility index (Phi) is 3.68. The van der Waals surface area contributed by atoms with Gasteiger partial charge in [0.2, 0.25) is 0 Å². The van der Waals surface area contributed by atoms with Gasteiger partial charge in [-0.15, -0.1) is 11.6 Å². The first kappa shape index (κ1) is 12.3. The van der Waals surface area contributed by atoms with Crippen LogP contribution in [0.15, 0.2) is 12.1 Å². The standard InChI is InChI=1S/C9H9ClN2O4/c1-16-9-2-5(8(13)4-10)7(12(14)15)3-6(9)11/h2-3H,4,11H2,1H3. The topological polar surface area (TPSA) is 95.5 Å². The highest BCUT2D eigenvalue weighted by Gasteiger charge is 2.22. The number of halogens is 1. The Bertz CT molecular complexity index is 447. The number of carbonyl (C=O) groups is 1. The van der Waals surface area contributed by atoms with Crippen LogP contribution in [-0.2, 0) is 0 Å². The van der Waals surface area contributed by atoms with Crippen molar-refractivity contribution in [1.29, 1.82) is 0 Å². The highest BCUT2D eigenvalue weighted by molar-refractivity contribution is 6.31. The lowest BCUT2D eigenvalue weighted by molar-refractivity contribution is -0.385. The van der Waals surface area contributed by atoms with Gasteiger partial charge in [0.25, 0.3) is 5.69 Å². The van der Waals surface area contributed by atoms with Gasteiger partial charge in [0, 0.05) is 12.1 Å². The molecule has 0 amide bonds. The quantitative estimate of drug-likeness (QED) is 0.285. The molecule has 0 aromatic heterocycles. The van der Waals surface area contributed by atoms with E-state index in [1.807, 2.05) is 0 Å². The predicted molar refractivity (Wildman–Crippen MR) is 59.1 cm³/mol. The minimum atomic E-state index is -0.685. The number of alkyl halides is 1. The van der Waals surface area contributed by atoms with Gasteiger partial charge in [-0.05, 0) is 0 Å². The molecule has 16 heavy (non-hydrogen) atoms. The number of hydrogen-bond acceptors (Lipinski definition) is 5. The largest absolute Gasteiger partial charge is 0.495 e. The van der Waals surface area contributed by atoms with Crippen LogP contribution in [0.2, 0.25) is 0 Å². The van der Waals surface area contributed by atoms with Crippen molar-refractivity contribution in [3.05, 3.63) is 27.8 Å². The Labute approximate surface area is 96.1 Å². The van der Waals surface area contributed by atoms with Crippen LogP contribution in [0.3, 0.4) is 0 Å². The zero-order chi connectivity index (χ0) is 12.3. The number of Topliss-reactive ketones (excluding diaryl/α,β-unsaturated/α-hetero) is 1. The number of nitrogen functional groups attached to an aromatic ring is 1. The van der Waals surface area contributed by atoms with Crippen molar-refractivity contribution in [2.75, 3.05) is 18.7 Å². The minimum absolute atomic E-state index is 0.0975. The van der Waals surface area contributed by atoms with E-state index in [0.29, 0.717) is 0 Å². The highest BCUT2D eigenvalue weighted by Crippen LogP contribution is 2.30. The van der Waals surface area contributed by atoms with Gasteiger partial charge in [-0.2, -0.15) is 0 Å². The van der Waals surface area contributed by atoms with E-state index in [1.54, 1.807) is 0 Å². The lowest BCUT2D eigenvalue weighted by atomic mass is 10.1. The van der Waals surface area contributed by atoms with Gasteiger partial charge < -0.3 is 10.5 Å². The number of nitro groups is 1. The monoisotopic (exact) mass is 244 g/mol. The molecule has 0 atom stereocenters. The summed E-state index contributed by atoms with van der Waals surface area (Å²) in [7, 11) is 1.35. The molecule has 86 valence electrons. The first-order valence-electron chi connectivity index (χ1n) is 4.22. The molecule has 1 rings (SSSR count). The Balaban J connectivity index is 3.42. The van der Waals surface area contributed by atoms with E-state index in [1.165, 1.54) is 13.2 Å². The molecular formula is C9H9ClN2O4. The van der Waals surface area contributed by atoms with Crippen molar-refractivity contribution in [2.45, 2.75) is 0 Å². The van der Waals surface area contributed by atoms with Crippen LogP contribution < -0.4 is 10.5 Å². The Morgan fingerprint density at radius 2 is 2.25 bits per heavy atom. The van der Waals surface area contributed by atoms with Crippen LogP contribution in [-0.4, -0.2) is 23.7 Å². The second-order valence-corrected chi connectivity index (χ2v) is 3.19. The second-order valence-electron chi connectivity index (χ2n) is 2.93. The van der Waals surface area contributed by atoms with Crippen molar-refractivity contribution in [1.82, 2.24) is 0 Å². The smallest absolute Gasteiger partial charge is 0.282 e. The summed E-state index contributed by atoms with van der Waals surface area (Å²) in [6.45, 7) is 0. The van der Waals surface area contributed by atoms with Gasteiger partial charge in [-0.25, -0.2) is 0 Å². The normalized spacial score (nSPS) is 9.88. The van der Waals surface area contributed by atoms with E-state index in [2.05, 4.69) is 0 Å². The van der Waals surface area contributed by atoms with Gasteiger partial charge in [0.15, 0.2) is 5.78 Å². The van der Waals surface area contributed by atoms with Gasteiger partial charge >= 0.3 is 0 Å². The molecule has 1 aromatic rings. The molecule has 0 bridgehead atoms. The molecule has 0 fully saturated rings. The van der Waals surface area contributed by atoms with Gasteiger partial charge in [0.05, 0.1) is 23.6 Å². The first-order valence-corrected chi connectivity index (χ1v) is 4.75. The van der Waals surface area contributed by atoms with E-state index < -0.39 is 10.7 Å². The van der Waals surface area contributed by atoms with Gasteiger partial charge in [-0.1, -0.05) is 0 Å². The second kappa shape index (κ2) is 4.80. The molecule has 0 aliphatic heterocycles. The Morgan fingerprint density at radius 1 is 1.62 bits per heavy atom. The average molecular weight is 245 g/mol. The van der Waals surface area contributed by atoms with E-state index in [0.717, 1.165) is 6.07 Å². The van der Waals surface area contributed by atoms with Gasteiger partial charge in [-0.3, -0.25) is 14.9 Å². The number of benzene rings is 1. The summed E-state index contributed by atoms with van der Waals surface area (Å²) in [5.41, 5.74) is 5.13. The molecule has 0 spiro atoms. The number of anilines is 1. The lowest BCUT2D eigenvalue weighted by Gasteiger charge is -2.06. The molecule has 0 saturated carbocycles. The van der Waals surface area contributed by atoms with Crippen LogP contribution in [0.1, 0.15) is 10.4 Å². The van der Waals surface area contributed by atoms with E-state index in [-0.39, 0.29) is 28.6 Å². The Hall–Kier alpha value is -1.82. The first-order chi connectivity index (χ1) is 7.51. The molecule has 0 aliphatic rings.